The molecule has 0 fully saturated rings. The normalized spacial score (nSPS) is 11.0. The first kappa shape index (κ1) is 21.7. The fourth-order valence-electron chi connectivity index (χ4n) is 1.66. The van der Waals surface area contributed by atoms with Crippen LogP contribution < -0.4 is 11.1 Å². The molecule has 23 heavy (non-hydrogen) atoms. The largest absolute Gasteiger partial charge is 0.387 e. The summed E-state index contributed by atoms with van der Waals surface area (Å²) in [5, 5.41) is 4.27. The number of nitrogens with two attached hydrogens (primary N) is 1. The molecule has 130 valence electrons. The zero-order valence-electron chi connectivity index (χ0n) is 14.1. The van der Waals surface area contributed by atoms with Crippen molar-refractivity contribution in [2.45, 2.75) is 39.5 Å². The lowest BCUT2D eigenvalue weighted by Crippen LogP contribution is -2.16. The van der Waals surface area contributed by atoms with Gasteiger partial charge in [0.15, 0.2) is 0 Å². The Morgan fingerprint density at radius 3 is 2.57 bits per heavy atom. The average Bonchev–Trinajstić information content (AvgIpc) is 2.51. The van der Waals surface area contributed by atoms with Gasteiger partial charge < -0.3 is 15.8 Å². The summed E-state index contributed by atoms with van der Waals surface area (Å²) >= 11 is 11.7. The van der Waals surface area contributed by atoms with E-state index in [1.165, 1.54) is 6.42 Å². The van der Waals surface area contributed by atoms with Gasteiger partial charge in [-0.1, -0.05) is 43.5 Å². The Balaban J connectivity index is 0.000000515. The molecule has 1 rings (SSSR count). The highest BCUT2D eigenvalue weighted by molar-refractivity contribution is 6.42. The topological polar surface area (TPSA) is 67.5 Å². The van der Waals surface area contributed by atoms with Gasteiger partial charge in [0.25, 0.3) is 0 Å². The van der Waals surface area contributed by atoms with Gasteiger partial charge >= 0.3 is 0 Å². The first-order valence-corrected chi connectivity index (χ1v) is 8.50. The van der Waals surface area contributed by atoms with Gasteiger partial charge in [0.2, 0.25) is 0 Å². The van der Waals surface area contributed by atoms with E-state index >= 15 is 0 Å². The third kappa shape index (κ3) is 11.9. The van der Waals surface area contributed by atoms with E-state index in [0.29, 0.717) is 22.3 Å². The van der Waals surface area contributed by atoms with Gasteiger partial charge in [-0.3, -0.25) is 4.99 Å². The second kappa shape index (κ2) is 13.2. The van der Waals surface area contributed by atoms with E-state index in [2.05, 4.69) is 24.2 Å². The monoisotopic (exact) mass is 359 g/mol. The summed E-state index contributed by atoms with van der Waals surface area (Å²) in [7, 11) is 1.68. The maximum atomic E-state index is 9.79. The number of nitrogens with one attached hydrogen (secondary N) is 1. The minimum Gasteiger partial charge on any atom is -0.387 e. The zero-order chi connectivity index (χ0) is 17.7. The standard InChI is InChI=1S/C10H13Cl2N3.C7H14O/c1-14-10(13)4-5-15-7-2-3-8(11)9(12)6-7;1-7(2)5-3-4-6-8/h2-3,6,15H,4-5H2,1H3,(H2,13,14);6-7H,3-5H2,1-2H3. The molecule has 0 aliphatic rings. The number of rotatable bonds is 8. The summed E-state index contributed by atoms with van der Waals surface area (Å²) in [5.41, 5.74) is 6.48. The molecule has 1 aromatic rings. The number of unbranched alkanes of at least 4 members (excludes halogenated alkanes) is 1. The maximum absolute atomic E-state index is 9.79. The van der Waals surface area contributed by atoms with Crippen LogP contribution in [0, 0.1) is 5.92 Å². The third-order valence-corrected chi connectivity index (χ3v) is 3.76. The van der Waals surface area contributed by atoms with Crippen LogP contribution in [0.2, 0.25) is 10.0 Å². The fourth-order valence-corrected chi connectivity index (χ4v) is 1.96. The van der Waals surface area contributed by atoms with Gasteiger partial charge in [-0.2, -0.15) is 0 Å². The Kier molecular flexibility index (Phi) is 12.5. The van der Waals surface area contributed by atoms with Gasteiger partial charge in [0, 0.05) is 32.1 Å². The average molecular weight is 360 g/mol. The summed E-state index contributed by atoms with van der Waals surface area (Å²) in [6.07, 6.45) is 4.66. The zero-order valence-corrected chi connectivity index (χ0v) is 15.6. The van der Waals surface area contributed by atoms with Crippen molar-refractivity contribution in [3.8, 4) is 0 Å². The lowest BCUT2D eigenvalue weighted by atomic mass is 10.1. The van der Waals surface area contributed by atoms with Crippen LogP contribution in [-0.4, -0.2) is 25.7 Å². The third-order valence-electron chi connectivity index (χ3n) is 3.02. The van der Waals surface area contributed by atoms with E-state index in [1.807, 2.05) is 6.07 Å². The number of hydrogen-bond donors (Lipinski definition) is 2. The van der Waals surface area contributed by atoms with Crippen LogP contribution in [0.4, 0.5) is 5.69 Å². The van der Waals surface area contributed by atoms with Crippen molar-refractivity contribution >= 4 is 41.0 Å². The highest BCUT2D eigenvalue weighted by Gasteiger charge is 1.99. The molecule has 0 unspecified atom stereocenters. The number of carbonyl (C=O) groups is 1. The Morgan fingerprint density at radius 2 is 2.04 bits per heavy atom. The Bertz CT molecular complexity index is 491. The predicted octanol–water partition coefficient (Wildman–Crippen LogP) is 4.79. The van der Waals surface area contributed by atoms with E-state index in [-0.39, 0.29) is 0 Å². The molecule has 4 nitrogen and oxygen atoms in total. The van der Waals surface area contributed by atoms with Gasteiger partial charge in [-0.25, -0.2) is 0 Å². The lowest BCUT2D eigenvalue weighted by Gasteiger charge is -2.06. The molecule has 0 saturated heterocycles. The summed E-state index contributed by atoms with van der Waals surface area (Å²) < 4.78 is 0. The molecule has 0 bridgehead atoms. The molecular weight excluding hydrogens is 333 g/mol. The van der Waals surface area contributed by atoms with Gasteiger partial charge in [-0.05, 0) is 30.5 Å². The first-order valence-electron chi connectivity index (χ1n) is 7.74. The first-order chi connectivity index (χ1) is 10.9. The molecule has 1 aromatic carbocycles. The number of amidine groups is 1. The van der Waals surface area contributed by atoms with Crippen molar-refractivity contribution in [3.63, 3.8) is 0 Å². The minimum absolute atomic E-state index is 0.541. The highest BCUT2D eigenvalue weighted by Crippen LogP contribution is 2.24. The molecule has 0 spiro atoms. The van der Waals surface area contributed by atoms with Crippen LogP contribution in [0.15, 0.2) is 23.2 Å². The van der Waals surface area contributed by atoms with Crippen LogP contribution in [0.1, 0.15) is 39.5 Å². The van der Waals surface area contributed by atoms with Crippen molar-refractivity contribution in [1.29, 1.82) is 0 Å². The molecule has 0 aliphatic heterocycles. The summed E-state index contributed by atoms with van der Waals surface area (Å²) in [6, 6.07) is 5.40. The number of aldehydes is 1. The van der Waals surface area contributed by atoms with Crippen molar-refractivity contribution in [2.75, 3.05) is 18.9 Å². The number of anilines is 1. The molecule has 0 radical (unpaired) electrons. The number of carbonyl (C=O) groups excluding carboxylic acids is 1. The Hall–Kier alpha value is -1.26. The highest BCUT2D eigenvalue weighted by atomic mass is 35.5. The molecule has 0 atom stereocenters. The SMILES string of the molecule is CC(C)CCCC=O.CN=C(N)CCNc1ccc(Cl)c(Cl)c1. The van der Waals surface area contributed by atoms with Crippen molar-refractivity contribution in [2.24, 2.45) is 16.6 Å². The molecule has 0 heterocycles. The lowest BCUT2D eigenvalue weighted by molar-refractivity contribution is -0.107. The van der Waals surface area contributed by atoms with Crippen LogP contribution in [0.5, 0.6) is 0 Å². The number of halogens is 2. The minimum atomic E-state index is 0.541. The summed E-state index contributed by atoms with van der Waals surface area (Å²) in [6.45, 7) is 5.07. The Labute approximate surface area is 149 Å². The molecule has 0 aliphatic carbocycles. The maximum Gasteiger partial charge on any atom is 0.119 e. The summed E-state index contributed by atoms with van der Waals surface area (Å²) in [4.78, 5) is 13.6. The van der Waals surface area contributed by atoms with E-state index in [1.54, 1.807) is 19.2 Å². The predicted molar refractivity (Wildman–Crippen MR) is 102 cm³/mol. The van der Waals surface area contributed by atoms with E-state index in [0.717, 1.165) is 37.3 Å². The number of hydrogen-bond acceptors (Lipinski definition) is 3. The molecule has 0 amide bonds. The molecule has 0 saturated carbocycles. The molecule has 3 N–H and O–H groups in total. The second-order valence-corrected chi connectivity index (χ2v) is 6.33. The van der Waals surface area contributed by atoms with Crippen LogP contribution in [0.3, 0.4) is 0 Å². The smallest absolute Gasteiger partial charge is 0.119 e. The van der Waals surface area contributed by atoms with Gasteiger partial charge in [-0.15, -0.1) is 0 Å². The molecule has 0 aromatic heterocycles. The molecule has 6 heteroatoms. The van der Waals surface area contributed by atoms with E-state index in [4.69, 9.17) is 28.9 Å². The molecular formula is C17H27Cl2N3O. The van der Waals surface area contributed by atoms with Gasteiger partial charge in [0.05, 0.1) is 15.9 Å². The van der Waals surface area contributed by atoms with E-state index < -0.39 is 0 Å². The van der Waals surface area contributed by atoms with Gasteiger partial charge in [0.1, 0.15) is 6.29 Å². The number of benzene rings is 1. The second-order valence-electron chi connectivity index (χ2n) is 5.51. The van der Waals surface area contributed by atoms with Crippen LogP contribution >= 0.6 is 23.2 Å². The summed E-state index contributed by atoms with van der Waals surface area (Å²) in [5.74, 6) is 1.37. The fraction of sp³-hybridized carbons (Fsp3) is 0.529. The van der Waals surface area contributed by atoms with Crippen molar-refractivity contribution in [1.82, 2.24) is 0 Å². The Morgan fingerprint density at radius 1 is 1.35 bits per heavy atom. The van der Waals surface area contributed by atoms with Crippen molar-refractivity contribution < 1.29 is 4.79 Å². The van der Waals surface area contributed by atoms with E-state index in [9.17, 15) is 4.79 Å². The number of aliphatic imine (C=N–C) groups is 1. The van der Waals surface area contributed by atoms with Crippen LogP contribution in [-0.2, 0) is 4.79 Å². The number of nitrogens with zero attached hydrogens (tertiary/aromatic N) is 1. The van der Waals surface area contributed by atoms with Crippen molar-refractivity contribution in [3.05, 3.63) is 28.2 Å². The quantitative estimate of drug-likeness (QED) is 0.303. The van der Waals surface area contributed by atoms with Crippen LogP contribution in [0.25, 0.3) is 0 Å².